The molecule has 0 aliphatic carbocycles. The molecule has 0 saturated heterocycles. The van der Waals surface area contributed by atoms with E-state index in [1.54, 1.807) is 28.7 Å². The third-order valence-electron chi connectivity index (χ3n) is 0.298. The maximum absolute atomic E-state index is 9.94. The monoisotopic (exact) mass is 196 g/mol. The van der Waals surface area contributed by atoms with Gasteiger partial charge >= 0.3 is 0 Å². The Bertz CT molecular complexity index is 75.6. The third kappa shape index (κ3) is 4.14. The van der Waals surface area contributed by atoms with Crippen molar-refractivity contribution in [1.29, 1.82) is 0 Å². The highest BCUT2D eigenvalue weighted by atomic mass is 127. The highest BCUT2D eigenvalue weighted by Crippen LogP contribution is 1.84. The number of halogens is 1. The average Bonchev–Trinajstić information content (AvgIpc) is 1.35. The summed E-state index contributed by atoms with van der Waals surface area (Å²) in [6, 6.07) is 0. The second-order valence-electron chi connectivity index (χ2n) is 0.804. The molecule has 0 rings (SSSR count). The molecule has 0 radical (unpaired) electrons. The van der Waals surface area contributed by atoms with Crippen LogP contribution in [0.1, 0.15) is 6.92 Å². The third-order valence-corrected chi connectivity index (χ3v) is 0.657. The van der Waals surface area contributed by atoms with Gasteiger partial charge in [-0.25, -0.2) is 0 Å². The predicted molar refractivity (Wildman–Crippen MR) is 33.8 cm³/mol. The summed E-state index contributed by atoms with van der Waals surface area (Å²) in [4.78, 5) is 9.94. The number of hydrogen-bond donors (Lipinski definition) is 0. The Hall–Kier alpha value is 0.140. The number of allylic oxidation sites excluding steroid dienone is 2. The normalized spacial score (nSPS) is 9.67. The molecule has 0 aromatic rings. The predicted octanol–water partition coefficient (Wildman–Crippen LogP) is 1.52. The first kappa shape index (κ1) is 6.14. The number of carbonyl (C=O) groups excluding carboxylic acids is 1. The Morgan fingerprint density at radius 2 is 2.33 bits per heavy atom. The van der Waals surface area contributed by atoms with Crippen LogP contribution in [0.3, 0.4) is 0 Å². The molecule has 0 aliphatic rings. The van der Waals surface area contributed by atoms with E-state index in [9.17, 15) is 4.79 Å². The van der Waals surface area contributed by atoms with Gasteiger partial charge in [-0.05, 0) is 13.0 Å². The molecule has 34 valence electrons. The zero-order valence-electron chi connectivity index (χ0n) is 3.44. The quantitative estimate of drug-likeness (QED) is 0.353. The summed E-state index contributed by atoms with van der Waals surface area (Å²) in [5.41, 5.74) is 0. The van der Waals surface area contributed by atoms with Crippen molar-refractivity contribution in [3.63, 3.8) is 0 Å². The van der Waals surface area contributed by atoms with Gasteiger partial charge in [0.15, 0.2) is 0 Å². The van der Waals surface area contributed by atoms with Crippen LogP contribution in [0, 0.1) is 0 Å². The molecule has 0 aliphatic heterocycles. The van der Waals surface area contributed by atoms with Crippen molar-refractivity contribution in [2.45, 2.75) is 6.92 Å². The first-order valence-electron chi connectivity index (χ1n) is 1.59. The summed E-state index contributed by atoms with van der Waals surface area (Å²) in [5.74, 6) is 0. The van der Waals surface area contributed by atoms with Crippen molar-refractivity contribution in [2.24, 2.45) is 0 Å². The topological polar surface area (TPSA) is 17.1 Å². The van der Waals surface area contributed by atoms with Gasteiger partial charge in [-0.15, -0.1) is 0 Å². The summed E-state index contributed by atoms with van der Waals surface area (Å²) in [6.07, 6.45) is 3.23. The minimum atomic E-state index is 0.0788. The van der Waals surface area contributed by atoms with Gasteiger partial charge in [-0.2, -0.15) is 0 Å². The highest BCUT2D eigenvalue weighted by Gasteiger charge is 1.76. The second kappa shape index (κ2) is 3.33. The van der Waals surface area contributed by atoms with Crippen molar-refractivity contribution in [3.8, 4) is 0 Å². The minimum Gasteiger partial charge on any atom is -0.283 e. The van der Waals surface area contributed by atoms with Gasteiger partial charge in [-0.1, -0.05) is 6.08 Å². The van der Waals surface area contributed by atoms with E-state index in [2.05, 4.69) is 0 Å². The molecule has 0 fully saturated rings. The fourth-order valence-corrected chi connectivity index (χ4v) is 0.491. The van der Waals surface area contributed by atoms with Crippen molar-refractivity contribution >= 4 is 26.4 Å². The highest BCUT2D eigenvalue weighted by molar-refractivity contribution is 14.1. The molecule has 0 aromatic heterocycles. The minimum absolute atomic E-state index is 0.0788. The van der Waals surface area contributed by atoms with Crippen molar-refractivity contribution in [3.05, 3.63) is 12.2 Å². The molecule has 0 N–H and O–H groups in total. The molecule has 0 saturated carbocycles. The van der Waals surface area contributed by atoms with Crippen molar-refractivity contribution in [2.75, 3.05) is 0 Å². The maximum Gasteiger partial charge on any atom is 0.214 e. The van der Waals surface area contributed by atoms with Crippen LogP contribution in [0.25, 0.3) is 0 Å². The number of carbonyl (C=O) groups is 1. The summed E-state index contributed by atoms with van der Waals surface area (Å²) in [6.45, 7) is 1.82. The lowest BCUT2D eigenvalue weighted by Gasteiger charge is -1.65. The van der Waals surface area contributed by atoms with Gasteiger partial charge in [0.2, 0.25) is 3.79 Å². The van der Waals surface area contributed by atoms with Crippen LogP contribution in [0.2, 0.25) is 0 Å². The molecule has 2 heteroatoms. The van der Waals surface area contributed by atoms with Gasteiger partial charge in [0.05, 0.1) is 0 Å². The van der Waals surface area contributed by atoms with E-state index in [0.717, 1.165) is 0 Å². The van der Waals surface area contributed by atoms with Crippen LogP contribution < -0.4 is 0 Å². The Labute approximate surface area is 50.6 Å². The molecule has 0 atom stereocenters. The van der Waals surface area contributed by atoms with Crippen LogP contribution in [0.5, 0.6) is 0 Å². The van der Waals surface area contributed by atoms with Crippen LogP contribution in [-0.4, -0.2) is 3.79 Å². The fourth-order valence-electron chi connectivity index (χ4n) is 0.131. The Kier molecular flexibility index (Phi) is 3.41. The molecule has 0 spiro atoms. The number of hydrogen-bond acceptors (Lipinski definition) is 1. The zero-order valence-corrected chi connectivity index (χ0v) is 5.60. The van der Waals surface area contributed by atoms with Crippen molar-refractivity contribution in [1.82, 2.24) is 0 Å². The summed E-state index contributed by atoms with van der Waals surface area (Å²) in [5, 5.41) is 0. The average molecular weight is 196 g/mol. The zero-order chi connectivity index (χ0) is 4.99. The van der Waals surface area contributed by atoms with E-state index >= 15 is 0 Å². The van der Waals surface area contributed by atoms with Gasteiger partial charge in [0.1, 0.15) is 0 Å². The fraction of sp³-hybridized carbons (Fsp3) is 0.250. The summed E-state index contributed by atoms with van der Waals surface area (Å²) < 4.78 is 0.0788. The standard InChI is InChI=1S/C4H5IO/c1-2-3-4(5)6/h2-3H,1H3/b3-2-. The lowest BCUT2D eigenvalue weighted by atomic mass is 10.6. The van der Waals surface area contributed by atoms with Crippen LogP contribution in [-0.2, 0) is 4.79 Å². The number of rotatable bonds is 1. The van der Waals surface area contributed by atoms with E-state index in [0.29, 0.717) is 0 Å². The van der Waals surface area contributed by atoms with E-state index in [-0.39, 0.29) is 3.79 Å². The molecule has 1 nitrogen and oxygen atoms in total. The van der Waals surface area contributed by atoms with Gasteiger partial charge in [0.25, 0.3) is 0 Å². The molecule has 0 bridgehead atoms. The Morgan fingerprint density at radius 3 is 2.33 bits per heavy atom. The lowest BCUT2D eigenvalue weighted by Crippen LogP contribution is -1.68. The largest absolute Gasteiger partial charge is 0.283 e. The Morgan fingerprint density at radius 1 is 1.83 bits per heavy atom. The van der Waals surface area contributed by atoms with E-state index in [4.69, 9.17) is 0 Å². The first-order chi connectivity index (χ1) is 2.77. The second-order valence-corrected chi connectivity index (χ2v) is 1.87. The summed E-state index contributed by atoms with van der Waals surface area (Å²) >= 11 is 1.72. The molecular formula is C4H5IO. The summed E-state index contributed by atoms with van der Waals surface area (Å²) in [7, 11) is 0. The van der Waals surface area contributed by atoms with Crippen LogP contribution in [0.4, 0.5) is 0 Å². The van der Waals surface area contributed by atoms with E-state index in [1.807, 2.05) is 6.92 Å². The first-order valence-corrected chi connectivity index (χ1v) is 2.67. The lowest BCUT2D eigenvalue weighted by molar-refractivity contribution is -0.105. The smallest absolute Gasteiger partial charge is 0.214 e. The maximum atomic E-state index is 9.94. The molecule has 0 heterocycles. The van der Waals surface area contributed by atoms with Gasteiger partial charge < -0.3 is 0 Å². The molecule has 0 unspecified atom stereocenters. The SMILES string of the molecule is C/C=C\C(=O)I. The van der Waals surface area contributed by atoms with E-state index < -0.39 is 0 Å². The van der Waals surface area contributed by atoms with E-state index in [1.165, 1.54) is 6.08 Å². The van der Waals surface area contributed by atoms with Gasteiger partial charge in [-0.3, -0.25) is 4.79 Å². The Balaban J connectivity index is 3.30. The molecule has 0 aromatic carbocycles. The van der Waals surface area contributed by atoms with Crippen LogP contribution in [0.15, 0.2) is 12.2 Å². The molecule has 0 amide bonds. The molecule has 6 heavy (non-hydrogen) atoms. The molecular weight excluding hydrogens is 191 g/mol. The van der Waals surface area contributed by atoms with Gasteiger partial charge in [0, 0.05) is 22.6 Å². The van der Waals surface area contributed by atoms with Crippen LogP contribution >= 0.6 is 22.6 Å². The van der Waals surface area contributed by atoms with Crippen molar-refractivity contribution < 1.29 is 4.79 Å².